The van der Waals surface area contributed by atoms with Gasteiger partial charge in [-0.15, -0.1) is 0 Å². The van der Waals surface area contributed by atoms with Crippen LogP contribution in [0.15, 0.2) is 24.3 Å². The van der Waals surface area contributed by atoms with Crippen LogP contribution in [-0.2, 0) is 0 Å². The zero-order valence-corrected chi connectivity index (χ0v) is 12.8. The van der Waals surface area contributed by atoms with Crippen LogP contribution in [0.25, 0.3) is 0 Å². The lowest BCUT2D eigenvalue weighted by Gasteiger charge is -2.34. The molecule has 0 bridgehead atoms. The van der Waals surface area contributed by atoms with Gasteiger partial charge in [0.15, 0.2) is 11.5 Å². The molecule has 112 valence electrons. The Kier molecular flexibility index (Phi) is 4.89. The Bertz CT molecular complexity index is 429. The summed E-state index contributed by atoms with van der Waals surface area (Å²) in [6, 6.07) is 7.83. The van der Waals surface area contributed by atoms with E-state index in [1.807, 2.05) is 24.3 Å². The van der Waals surface area contributed by atoms with Crippen molar-refractivity contribution >= 4 is 0 Å². The van der Waals surface area contributed by atoms with Gasteiger partial charge in [-0.05, 0) is 38.9 Å². The minimum Gasteiger partial charge on any atom is -0.486 e. The Morgan fingerprint density at radius 3 is 2.65 bits per heavy atom. The van der Waals surface area contributed by atoms with Gasteiger partial charge in [-0.2, -0.15) is 0 Å². The fourth-order valence-corrected chi connectivity index (χ4v) is 2.57. The van der Waals surface area contributed by atoms with Gasteiger partial charge in [0.1, 0.15) is 12.7 Å². The monoisotopic (exact) mass is 278 g/mol. The highest BCUT2D eigenvalue weighted by molar-refractivity contribution is 5.40. The molecule has 1 atom stereocenters. The molecule has 1 aliphatic rings. The van der Waals surface area contributed by atoms with Crippen molar-refractivity contribution in [2.45, 2.75) is 38.8 Å². The van der Waals surface area contributed by atoms with E-state index in [-0.39, 0.29) is 11.6 Å². The van der Waals surface area contributed by atoms with Crippen LogP contribution in [0.1, 0.15) is 27.2 Å². The number of benzene rings is 1. The number of rotatable bonds is 6. The van der Waals surface area contributed by atoms with Crippen molar-refractivity contribution in [3.05, 3.63) is 24.3 Å². The Morgan fingerprint density at radius 2 is 2.00 bits per heavy atom. The molecular formula is C16H26N2O2. The second-order valence-electron chi connectivity index (χ2n) is 6.22. The van der Waals surface area contributed by atoms with Gasteiger partial charge in [0, 0.05) is 18.6 Å². The molecule has 0 saturated heterocycles. The van der Waals surface area contributed by atoms with Crippen molar-refractivity contribution in [3.63, 3.8) is 0 Å². The highest BCUT2D eigenvalue weighted by Gasteiger charge is 2.25. The van der Waals surface area contributed by atoms with E-state index in [2.05, 4.69) is 25.7 Å². The highest BCUT2D eigenvalue weighted by atomic mass is 16.6. The van der Waals surface area contributed by atoms with Crippen LogP contribution in [0.5, 0.6) is 11.5 Å². The van der Waals surface area contributed by atoms with Crippen LogP contribution in [0, 0.1) is 0 Å². The molecule has 0 spiro atoms. The zero-order chi connectivity index (χ0) is 14.6. The second kappa shape index (κ2) is 6.46. The number of fused-ring (bicyclic) bond motifs is 1. The van der Waals surface area contributed by atoms with Crippen LogP contribution in [0.4, 0.5) is 0 Å². The summed E-state index contributed by atoms with van der Waals surface area (Å²) < 4.78 is 11.8. The predicted molar refractivity (Wildman–Crippen MR) is 81.4 cm³/mol. The molecule has 0 amide bonds. The molecule has 20 heavy (non-hydrogen) atoms. The third-order valence-corrected chi connectivity index (χ3v) is 3.20. The summed E-state index contributed by atoms with van der Waals surface area (Å²) in [6.07, 6.45) is 1.18. The fraction of sp³-hybridized carbons (Fsp3) is 0.625. The van der Waals surface area contributed by atoms with Crippen LogP contribution in [-0.4, -0.2) is 42.8 Å². The highest BCUT2D eigenvalue weighted by Crippen LogP contribution is 2.31. The number of hydrogen-bond donors (Lipinski definition) is 1. The number of para-hydroxylation sites is 2. The summed E-state index contributed by atoms with van der Waals surface area (Å²) in [5.41, 5.74) is 5.94. The summed E-state index contributed by atoms with van der Waals surface area (Å²) in [7, 11) is 0. The van der Waals surface area contributed by atoms with Crippen molar-refractivity contribution in [3.8, 4) is 11.5 Å². The summed E-state index contributed by atoms with van der Waals surface area (Å²) in [5, 5.41) is 0. The van der Waals surface area contributed by atoms with Crippen LogP contribution < -0.4 is 15.2 Å². The molecule has 2 rings (SSSR count). The Labute approximate surface area is 121 Å². The molecule has 1 heterocycles. The molecule has 1 aliphatic heterocycles. The molecule has 1 unspecified atom stereocenters. The molecule has 0 saturated carbocycles. The van der Waals surface area contributed by atoms with Gasteiger partial charge >= 0.3 is 0 Å². The molecule has 4 heteroatoms. The van der Waals surface area contributed by atoms with E-state index in [1.54, 1.807) is 0 Å². The lowest BCUT2D eigenvalue weighted by atomic mass is 10.1. The van der Waals surface area contributed by atoms with E-state index in [1.165, 1.54) is 0 Å². The zero-order valence-electron chi connectivity index (χ0n) is 12.8. The first-order valence-corrected chi connectivity index (χ1v) is 7.37. The maximum Gasteiger partial charge on any atom is 0.161 e. The fourth-order valence-electron chi connectivity index (χ4n) is 2.57. The van der Waals surface area contributed by atoms with Crippen LogP contribution in [0.3, 0.4) is 0 Å². The third kappa shape index (κ3) is 4.39. The largest absolute Gasteiger partial charge is 0.486 e. The number of ether oxygens (including phenoxy) is 2. The average molecular weight is 278 g/mol. The van der Waals surface area contributed by atoms with Crippen molar-refractivity contribution in [2.24, 2.45) is 5.73 Å². The normalized spacial score (nSPS) is 18.4. The minimum atomic E-state index is -0.192. The lowest BCUT2D eigenvalue weighted by molar-refractivity contribution is 0.0537. The van der Waals surface area contributed by atoms with Gasteiger partial charge in [0.05, 0.1) is 0 Å². The first kappa shape index (κ1) is 15.1. The number of hydrogen-bond acceptors (Lipinski definition) is 4. The Hall–Kier alpha value is -1.26. The minimum absolute atomic E-state index is 0.0683. The summed E-state index contributed by atoms with van der Waals surface area (Å²) >= 11 is 0. The van der Waals surface area contributed by atoms with Crippen molar-refractivity contribution < 1.29 is 9.47 Å². The summed E-state index contributed by atoms with van der Waals surface area (Å²) in [4.78, 5) is 2.36. The average Bonchev–Trinajstić information content (AvgIpc) is 2.37. The molecule has 2 N–H and O–H groups in total. The van der Waals surface area contributed by atoms with E-state index in [4.69, 9.17) is 15.2 Å². The van der Waals surface area contributed by atoms with Crippen molar-refractivity contribution in [1.29, 1.82) is 0 Å². The quantitative estimate of drug-likeness (QED) is 0.867. The molecular weight excluding hydrogens is 252 g/mol. The molecule has 0 radical (unpaired) electrons. The molecule has 0 aliphatic carbocycles. The maximum atomic E-state index is 6.13. The third-order valence-electron chi connectivity index (χ3n) is 3.20. The van der Waals surface area contributed by atoms with E-state index >= 15 is 0 Å². The van der Waals surface area contributed by atoms with Crippen molar-refractivity contribution in [1.82, 2.24) is 4.90 Å². The van der Waals surface area contributed by atoms with Gasteiger partial charge in [-0.1, -0.05) is 19.1 Å². The smallest absolute Gasteiger partial charge is 0.161 e. The van der Waals surface area contributed by atoms with Gasteiger partial charge in [0.25, 0.3) is 0 Å². The van der Waals surface area contributed by atoms with Gasteiger partial charge in [-0.25, -0.2) is 0 Å². The van der Waals surface area contributed by atoms with Crippen molar-refractivity contribution in [2.75, 3.05) is 26.2 Å². The summed E-state index contributed by atoms with van der Waals surface area (Å²) in [6.45, 7) is 9.64. The molecule has 0 fully saturated rings. The molecule has 4 nitrogen and oxygen atoms in total. The second-order valence-corrected chi connectivity index (χ2v) is 6.22. The van der Waals surface area contributed by atoms with Gasteiger partial charge in [0.2, 0.25) is 0 Å². The Balaban J connectivity index is 1.95. The van der Waals surface area contributed by atoms with Crippen LogP contribution >= 0.6 is 0 Å². The summed E-state index contributed by atoms with van der Waals surface area (Å²) in [5.74, 6) is 1.68. The molecule has 0 aromatic heterocycles. The number of nitrogens with zero attached hydrogens (tertiary/aromatic N) is 1. The molecule has 1 aromatic rings. The van der Waals surface area contributed by atoms with E-state index in [0.29, 0.717) is 6.61 Å². The first-order chi connectivity index (χ1) is 9.48. The van der Waals surface area contributed by atoms with E-state index in [0.717, 1.165) is 37.6 Å². The van der Waals surface area contributed by atoms with E-state index in [9.17, 15) is 0 Å². The predicted octanol–water partition coefficient (Wildman–Crippen LogP) is 2.28. The molecule has 1 aromatic carbocycles. The SMILES string of the molecule is CCCN(CC1COc2ccccc2O1)CC(C)(C)N. The number of nitrogens with two attached hydrogens (primary N) is 1. The van der Waals surface area contributed by atoms with Crippen LogP contribution in [0.2, 0.25) is 0 Å². The first-order valence-electron chi connectivity index (χ1n) is 7.37. The van der Waals surface area contributed by atoms with Gasteiger partial charge < -0.3 is 15.2 Å². The van der Waals surface area contributed by atoms with E-state index < -0.39 is 0 Å². The van der Waals surface area contributed by atoms with Gasteiger partial charge in [-0.3, -0.25) is 4.90 Å². The standard InChI is InChI=1S/C16H26N2O2/c1-4-9-18(12-16(2,3)17)10-13-11-19-14-7-5-6-8-15(14)20-13/h5-8,13H,4,9-12,17H2,1-3H3. The lowest BCUT2D eigenvalue weighted by Crippen LogP contribution is -2.49. The topological polar surface area (TPSA) is 47.7 Å². The Morgan fingerprint density at radius 1 is 1.30 bits per heavy atom. The maximum absolute atomic E-state index is 6.13.